The maximum atomic E-state index is 12.2. The van der Waals surface area contributed by atoms with Crippen molar-refractivity contribution in [1.82, 2.24) is 0 Å². The monoisotopic (exact) mass is 145 g/mol. The molecule has 0 aliphatic heterocycles. The van der Waals surface area contributed by atoms with Crippen molar-refractivity contribution >= 4 is 0 Å². The third kappa shape index (κ3) is 1.50. The third-order valence-electron chi connectivity index (χ3n) is 1.02. The minimum Gasteiger partial charge on any atom is -0.207 e. The van der Waals surface area contributed by atoms with Crippen LogP contribution in [0.25, 0.3) is 0 Å². The summed E-state index contributed by atoms with van der Waals surface area (Å²) in [7, 11) is 0. The molecular weight excluding hydrogens is 141 g/mol. The van der Waals surface area contributed by atoms with Crippen LogP contribution in [-0.2, 0) is 0 Å². The van der Waals surface area contributed by atoms with Crippen LogP contribution in [0.15, 0.2) is 18.2 Å². The highest BCUT2D eigenvalue weighted by Crippen LogP contribution is 2.17. The summed E-state index contributed by atoms with van der Waals surface area (Å²) in [5, 5.41) is 0. The molecule has 0 N–H and O–H groups in total. The number of alkyl halides is 2. The normalized spacial score (nSPS) is 10.4. The first kappa shape index (κ1) is 7.12. The van der Waals surface area contributed by atoms with Crippen molar-refractivity contribution in [2.75, 3.05) is 0 Å². The fourth-order valence-corrected chi connectivity index (χ4v) is 0.582. The molecule has 1 radical (unpaired) electrons. The molecule has 0 bridgehead atoms. The van der Waals surface area contributed by atoms with Crippen LogP contribution >= 0.6 is 0 Å². The number of halogens is 3. The molecule has 0 amide bonds. The first-order valence-electron chi connectivity index (χ1n) is 2.65. The predicted octanol–water partition coefficient (Wildman–Crippen LogP) is 2.56. The van der Waals surface area contributed by atoms with Gasteiger partial charge in [-0.1, -0.05) is 6.07 Å². The maximum Gasteiger partial charge on any atom is 0.264 e. The number of rotatable bonds is 1. The second kappa shape index (κ2) is 2.73. The highest BCUT2D eigenvalue weighted by Gasteiger charge is 2.06. The minimum atomic E-state index is -2.64. The number of hydrogen-bond acceptors (Lipinski definition) is 0. The Morgan fingerprint density at radius 3 is 2.50 bits per heavy atom. The fourth-order valence-electron chi connectivity index (χ4n) is 0.582. The van der Waals surface area contributed by atoms with Gasteiger partial charge in [-0.05, 0) is 18.2 Å². The van der Waals surface area contributed by atoms with E-state index in [0.29, 0.717) is 0 Å². The van der Waals surface area contributed by atoms with Crippen LogP contribution in [0.4, 0.5) is 13.2 Å². The van der Waals surface area contributed by atoms with Crippen LogP contribution in [-0.4, -0.2) is 0 Å². The highest BCUT2D eigenvalue weighted by molar-refractivity contribution is 5.15. The van der Waals surface area contributed by atoms with E-state index >= 15 is 0 Å². The third-order valence-corrected chi connectivity index (χ3v) is 1.02. The fraction of sp³-hybridized carbons (Fsp3) is 0.143. The molecule has 1 aromatic rings. The molecule has 53 valence electrons. The second-order valence-electron chi connectivity index (χ2n) is 1.76. The van der Waals surface area contributed by atoms with Gasteiger partial charge in [0.05, 0.1) is 0 Å². The molecule has 0 atom stereocenters. The molecule has 0 nitrogen and oxygen atoms in total. The van der Waals surface area contributed by atoms with Gasteiger partial charge in [0.1, 0.15) is 5.82 Å². The second-order valence-corrected chi connectivity index (χ2v) is 1.76. The van der Waals surface area contributed by atoms with E-state index in [2.05, 4.69) is 6.07 Å². The Morgan fingerprint density at radius 2 is 2.10 bits per heavy atom. The van der Waals surface area contributed by atoms with Gasteiger partial charge in [0, 0.05) is 5.56 Å². The lowest BCUT2D eigenvalue weighted by atomic mass is 10.2. The van der Waals surface area contributed by atoms with Crippen molar-refractivity contribution in [2.45, 2.75) is 6.43 Å². The Hall–Kier alpha value is -0.990. The molecule has 0 saturated carbocycles. The average molecular weight is 145 g/mol. The summed E-state index contributed by atoms with van der Waals surface area (Å²) >= 11 is 0. The van der Waals surface area contributed by atoms with Crippen molar-refractivity contribution < 1.29 is 13.2 Å². The molecule has 0 fully saturated rings. The number of benzene rings is 1. The molecule has 0 aliphatic carbocycles. The maximum absolute atomic E-state index is 12.2. The quantitative estimate of drug-likeness (QED) is 0.569. The summed E-state index contributed by atoms with van der Waals surface area (Å²) in [5.41, 5.74) is -0.403. The molecule has 3 heteroatoms. The average Bonchev–Trinajstić information content (AvgIpc) is 1.88. The SMILES string of the molecule is Fc1cc[c]c(C(F)F)c1. The molecule has 0 spiro atoms. The van der Waals surface area contributed by atoms with E-state index in [9.17, 15) is 13.2 Å². The molecule has 0 heterocycles. The van der Waals surface area contributed by atoms with Crippen LogP contribution in [0, 0.1) is 11.9 Å². The van der Waals surface area contributed by atoms with E-state index in [0.717, 1.165) is 18.2 Å². The lowest BCUT2D eigenvalue weighted by molar-refractivity contribution is 0.150. The van der Waals surface area contributed by atoms with Crippen molar-refractivity contribution in [3.63, 3.8) is 0 Å². The van der Waals surface area contributed by atoms with Gasteiger partial charge >= 0.3 is 0 Å². The molecule has 0 unspecified atom stereocenters. The largest absolute Gasteiger partial charge is 0.264 e. The summed E-state index contributed by atoms with van der Waals surface area (Å²) < 4.78 is 35.7. The smallest absolute Gasteiger partial charge is 0.207 e. The van der Waals surface area contributed by atoms with Gasteiger partial charge < -0.3 is 0 Å². The molecule has 10 heavy (non-hydrogen) atoms. The van der Waals surface area contributed by atoms with Gasteiger partial charge in [0.15, 0.2) is 0 Å². The zero-order chi connectivity index (χ0) is 7.56. The van der Waals surface area contributed by atoms with Crippen LogP contribution in [0.1, 0.15) is 12.0 Å². The first-order valence-corrected chi connectivity index (χ1v) is 2.65. The molecule has 1 aromatic carbocycles. The highest BCUT2D eigenvalue weighted by atomic mass is 19.3. The van der Waals surface area contributed by atoms with E-state index in [1.165, 1.54) is 0 Å². The Balaban J connectivity index is 2.96. The zero-order valence-electron chi connectivity index (χ0n) is 4.94. The Kier molecular flexibility index (Phi) is 1.94. The van der Waals surface area contributed by atoms with E-state index in [1.54, 1.807) is 0 Å². The van der Waals surface area contributed by atoms with E-state index < -0.39 is 17.8 Å². The van der Waals surface area contributed by atoms with Crippen LogP contribution in [0.5, 0.6) is 0 Å². The minimum absolute atomic E-state index is 0.403. The van der Waals surface area contributed by atoms with Gasteiger partial charge in [0.25, 0.3) is 6.43 Å². The van der Waals surface area contributed by atoms with E-state index in [4.69, 9.17) is 0 Å². The van der Waals surface area contributed by atoms with Crippen LogP contribution in [0.3, 0.4) is 0 Å². The molecule has 0 aromatic heterocycles. The summed E-state index contributed by atoms with van der Waals surface area (Å²) in [4.78, 5) is 0. The Labute approximate surface area is 56.3 Å². The van der Waals surface area contributed by atoms with Gasteiger partial charge in [0.2, 0.25) is 0 Å². The molecular formula is C7H4F3. The Morgan fingerprint density at radius 1 is 1.40 bits per heavy atom. The topological polar surface area (TPSA) is 0 Å². The van der Waals surface area contributed by atoms with Crippen molar-refractivity contribution in [1.29, 1.82) is 0 Å². The Bertz CT molecular complexity index is 220. The zero-order valence-corrected chi connectivity index (χ0v) is 4.94. The van der Waals surface area contributed by atoms with Gasteiger partial charge in [-0.15, -0.1) is 0 Å². The van der Waals surface area contributed by atoms with Crippen LogP contribution in [0.2, 0.25) is 0 Å². The van der Waals surface area contributed by atoms with Crippen molar-refractivity contribution in [3.8, 4) is 0 Å². The lowest BCUT2D eigenvalue weighted by Crippen LogP contribution is -1.84. The van der Waals surface area contributed by atoms with E-state index in [1.807, 2.05) is 0 Å². The molecule has 0 saturated heterocycles. The van der Waals surface area contributed by atoms with Crippen molar-refractivity contribution in [2.24, 2.45) is 0 Å². The number of hydrogen-bond donors (Lipinski definition) is 0. The van der Waals surface area contributed by atoms with Crippen molar-refractivity contribution in [3.05, 3.63) is 35.6 Å². The summed E-state index contributed by atoms with van der Waals surface area (Å²) in [5.74, 6) is -0.658. The van der Waals surface area contributed by atoms with Crippen LogP contribution < -0.4 is 0 Å². The van der Waals surface area contributed by atoms with E-state index in [-0.39, 0.29) is 0 Å². The lowest BCUT2D eigenvalue weighted by Gasteiger charge is -1.95. The summed E-state index contributed by atoms with van der Waals surface area (Å²) in [6.07, 6.45) is -2.64. The van der Waals surface area contributed by atoms with Gasteiger partial charge in [-0.3, -0.25) is 0 Å². The summed E-state index contributed by atoms with van der Waals surface area (Å²) in [6.45, 7) is 0. The standard InChI is InChI=1S/C7H4F3/c8-6-3-1-2-5(4-6)7(9)10/h1,3-4,7H. The predicted molar refractivity (Wildman–Crippen MR) is 30.2 cm³/mol. The first-order chi connectivity index (χ1) is 4.70. The molecule has 0 aliphatic rings. The van der Waals surface area contributed by atoms with Gasteiger partial charge in [-0.25, -0.2) is 13.2 Å². The molecule has 1 rings (SSSR count). The summed E-state index contributed by atoms with van der Waals surface area (Å²) in [6, 6.07) is 5.20. The van der Waals surface area contributed by atoms with Gasteiger partial charge in [-0.2, -0.15) is 0 Å².